The van der Waals surface area contributed by atoms with Crippen LogP contribution in [0.3, 0.4) is 0 Å². The van der Waals surface area contributed by atoms with Crippen molar-refractivity contribution in [2.75, 3.05) is 53.8 Å². The summed E-state index contributed by atoms with van der Waals surface area (Å²) in [6, 6.07) is 18.4. The lowest BCUT2D eigenvalue weighted by Crippen LogP contribution is -2.21. The SMILES string of the molecule is COc1ccc(NC(=O)c2ccc(-c3ccc(C(=O)N(C)C)cc3C)cc2)cc1OCCN(C)C. The van der Waals surface area contributed by atoms with E-state index >= 15 is 0 Å². The van der Waals surface area contributed by atoms with Crippen molar-refractivity contribution in [3.63, 3.8) is 0 Å². The number of amides is 2. The number of nitrogens with zero attached hydrogens (tertiary/aromatic N) is 2. The molecule has 0 aliphatic carbocycles. The van der Waals surface area contributed by atoms with Crippen LogP contribution in [0.5, 0.6) is 11.5 Å². The van der Waals surface area contributed by atoms with Gasteiger partial charge in [0.25, 0.3) is 11.8 Å². The maximum absolute atomic E-state index is 12.8. The van der Waals surface area contributed by atoms with Crippen LogP contribution in [0.2, 0.25) is 0 Å². The molecule has 184 valence electrons. The second-order valence-electron chi connectivity index (χ2n) is 8.78. The van der Waals surface area contributed by atoms with E-state index in [1.54, 1.807) is 56.4 Å². The normalized spacial score (nSPS) is 10.7. The average molecular weight is 476 g/mol. The number of anilines is 1. The Bertz CT molecular complexity index is 1190. The highest BCUT2D eigenvalue weighted by molar-refractivity contribution is 6.04. The van der Waals surface area contributed by atoms with Crippen molar-refractivity contribution < 1.29 is 19.1 Å². The molecule has 0 spiro atoms. The monoisotopic (exact) mass is 475 g/mol. The Morgan fingerprint density at radius 3 is 2.14 bits per heavy atom. The molecule has 2 amide bonds. The van der Waals surface area contributed by atoms with Crippen LogP contribution in [0.15, 0.2) is 60.7 Å². The third-order valence-corrected chi connectivity index (χ3v) is 5.56. The quantitative estimate of drug-likeness (QED) is 0.491. The van der Waals surface area contributed by atoms with Crippen LogP contribution in [0, 0.1) is 6.92 Å². The smallest absolute Gasteiger partial charge is 0.255 e. The maximum atomic E-state index is 12.8. The lowest BCUT2D eigenvalue weighted by molar-refractivity contribution is 0.0827. The van der Waals surface area contributed by atoms with E-state index in [2.05, 4.69) is 5.32 Å². The molecule has 0 unspecified atom stereocenters. The van der Waals surface area contributed by atoms with Crippen molar-refractivity contribution in [3.05, 3.63) is 77.4 Å². The van der Waals surface area contributed by atoms with E-state index in [1.807, 2.05) is 56.3 Å². The van der Waals surface area contributed by atoms with Crippen molar-refractivity contribution in [3.8, 4) is 22.6 Å². The molecule has 0 saturated heterocycles. The van der Waals surface area contributed by atoms with Gasteiger partial charge in [-0.1, -0.05) is 18.2 Å². The van der Waals surface area contributed by atoms with Gasteiger partial charge in [0.15, 0.2) is 11.5 Å². The summed E-state index contributed by atoms with van der Waals surface area (Å²) in [6.07, 6.45) is 0. The van der Waals surface area contributed by atoms with Gasteiger partial charge in [0.1, 0.15) is 6.61 Å². The van der Waals surface area contributed by atoms with Crippen LogP contribution in [-0.2, 0) is 0 Å². The zero-order chi connectivity index (χ0) is 25.5. The van der Waals surface area contributed by atoms with Gasteiger partial charge in [-0.25, -0.2) is 0 Å². The minimum Gasteiger partial charge on any atom is -0.493 e. The molecule has 0 bridgehead atoms. The molecule has 0 radical (unpaired) electrons. The summed E-state index contributed by atoms with van der Waals surface area (Å²) in [4.78, 5) is 28.7. The van der Waals surface area contributed by atoms with E-state index < -0.39 is 0 Å². The van der Waals surface area contributed by atoms with E-state index in [9.17, 15) is 9.59 Å². The molecule has 0 saturated carbocycles. The highest BCUT2D eigenvalue weighted by Crippen LogP contribution is 2.31. The lowest BCUT2D eigenvalue weighted by atomic mass is 9.97. The fraction of sp³-hybridized carbons (Fsp3) is 0.286. The average Bonchev–Trinajstić information content (AvgIpc) is 2.83. The fourth-order valence-electron chi connectivity index (χ4n) is 3.59. The number of carbonyl (C=O) groups excluding carboxylic acids is 2. The molecule has 0 heterocycles. The number of carbonyl (C=O) groups is 2. The molecule has 35 heavy (non-hydrogen) atoms. The maximum Gasteiger partial charge on any atom is 0.255 e. The summed E-state index contributed by atoms with van der Waals surface area (Å²) in [5.74, 6) is 0.940. The second kappa shape index (κ2) is 11.5. The van der Waals surface area contributed by atoms with Crippen molar-refractivity contribution >= 4 is 17.5 Å². The lowest BCUT2D eigenvalue weighted by Gasteiger charge is -2.15. The minimum absolute atomic E-state index is 0.0311. The van der Waals surface area contributed by atoms with Crippen LogP contribution < -0.4 is 14.8 Å². The van der Waals surface area contributed by atoms with Crippen LogP contribution >= 0.6 is 0 Å². The molecule has 0 aliphatic rings. The number of hydrogen-bond acceptors (Lipinski definition) is 5. The third-order valence-electron chi connectivity index (χ3n) is 5.56. The number of hydrogen-bond donors (Lipinski definition) is 1. The van der Waals surface area contributed by atoms with Crippen molar-refractivity contribution in [1.82, 2.24) is 9.80 Å². The predicted octanol–water partition coefficient (Wildman–Crippen LogP) is 4.57. The zero-order valence-corrected chi connectivity index (χ0v) is 21.2. The van der Waals surface area contributed by atoms with Gasteiger partial charge >= 0.3 is 0 Å². The van der Waals surface area contributed by atoms with Gasteiger partial charge in [-0.05, 0) is 74.1 Å². The Balaban J connectivity index is 1.72. The molecule has 3 aromatic carbocycles. The first-order chi connectivity index (χ1) is 16.7. The Morgan fingerprint density at radius 2 is 1.54 bits per heavy atom. The summed E-state index contributed by atoms with van der Waals surface area (Å²) >= 11 is 0. The Labute approximate surface area is 207 Å². The predicted molar refractivity (Wildman–Crippen MR) is 140 cm³/mol. The summed E-state index contributed by atoms with van der Waals surface area (Å²) in [7, 11) is 9.01. The number of ether oxygens (including phenoxy) is 2. The zero-order valence-electron chi connectivity index (χ0n) is 21.2. The van der Waals surface area contributed by atoms with Gasteiger partial charge < -0.3 is 24.6 Å². The second-order valence-corrected chi connectivity index (χ2v) is 8.78. The van der Waals surface area contributed by atoms with Crippen LogP contribution in [0.25, 0.3) is 11.1 Å². The molecule has 0 atom stereocenters. The molecule has 0 fully saturated rings. The molecular weight excluding hydrogens is 442 g/mol. The number of likely N-dealkylation sites (N-methyl/N-ethyl adjacent to an activating group) is 1. The van der Waals surface area contributed by atoms with E-state index in [0.29, 0.717) is 34.9 Å². The fourth-order valence-corrected chi connectivity index (χ4v) is 3.59. The number of methoxy groups -OCH3 is 1. The molecule has 1 N–H and O–H groups in total. The molecule has 3 aromatic rings. The van der Waals surface area contributed by atoms with Crippen LogP contribution in [-0.4, -0.2) is 70.1 Å². The van der Waals surface area contributed by atoms with E-state index in [4.69, 9.17) is 9.47 Å². The van der Waals surface area contributed by atoms with Crippen molar-refractivity contribution in [2.45, 2.75) is 6.92 Å². The summed E-state index contributed by atoms with van der Waals surface area (Å²) in [5, 5.41) is 2.92. The number of rotatable bonds is 9. The molecular formula is C28H33N3O4. The van der Waals surface area contributed by atoms with E-state index in [-0.39, 0.29) is 11.8 Å². The highest BCUT2D eigenvalue weighted by Gasteiger charge is 2.13. The molecule has 7 nitrogen and oxygen atoms in total. The summed E-state index contributed by atoms with van der Waals surface area (Å²) < 4.78 is 11.2. The van der Waals surface area contributed by atoms with Crippen LogP contribution in [0.4, 0.5) is 5.69 Å². The van der Waals surface area contributed by atoms with Crippen molar-refractivity contribution in [1.29, 1.82) is 0 Å². The topological polar surface area (TPSA) is 71.1 Å². The van der Waals surface area contributed by atoms with Gasteiger partial charge in [-0.15, -0.1) is 0 Å². The summed E-state index contributed by atoms with van der Waals surface area (Å²) in [5.41, 5.74) is 4.80. The number of benzene rings is 3. The summed E-state index contributed by atoms with van der Waals surface area (Å²) in [6.45, 7) is 3.25. The Kier molecular flexibility index (Phi) is 8.49. The highest BCUT2D eigenvalue weighted by atomic mass is 16.5. The first-order valence-electron chi connectivity index (χ1n) is 11.4. The Morgan fingerprint density at radius 1 is 0.857 bits per heavy atom. The number of nitrogens with one attached hydrogen (secondary N) is 1. The molecule has 0 aliphatic heterocycles. The largest absolute Gasteiger partial charge is 0.493 e. The van der Waals surface area contributed by atoms with Gasteiger partial charge in [0.05, 0.1) is 7.11 Å². The molecule has 3 rings (SSSR count). The third kappa shape index (κ3) is 6.61. The Hall–Kier alpha value is -3.84. The van der Waals surface area contributed by atoms with Gasteiger partial charge in [-0.3, -0.25) is 9.59 Å². The van der Waals surface area contributed by atoms with E-state index in [0.717, 1.165) is 23.2 Å². The molecule has 7 heteroatoms. The van der Waals surface area contributed by atoms with Gasteiger partial charge in [-0.2, -0.15) is 0 Å². The van der Waals surface area contributed by atoms with Gasteiger partial charge in [0, 0.05) is 43.5 Å². The van der Waals surface area contributed by atoms with Crippen LogP contribution in [0.1, 0.15) is 26.3 Å². The minimum atomic E-state index is -0.218. The standard InChI is InChI=1S/C28H33N3O4/c1-19-17-22(28(33)31(4)5)11-13-24(19)20-7-9-21(10-8-20)27(32)29-23-12-14-25(34-6)26(18-23)35-16-15-30(2)3/h7-14,17-18H,15-16H2,1-6H3,(H,29,32). The van der Waals surface area contributed by atoms with E-state index in [1.165, 1.54) is 0 Å². The molecule has 0 aromatic heterocycles. The first kappa shape index (κ1) is 25.8. The number of aryl methyl sites for hydroxylation is 1. The van der Waals surface area contributed by atoms with Crippen molar-refractivity contribution in [2.24, 2.45) is 0 Å². The van der Waals surface area contributed by atoms with Gasteiger partial charge in [0.2, 0.25) is 0 Å². The first-order valence-corrected chi connectivity index (χ1v) is 11.4.